The van der Waals surface area contributed by atoms with Gasteiger partial charge in [0.2, 0.25) is 0 Å². The van der Waals surface area contributed by atoms with Gasteiger partial charge in [0.05, 0.1) is 9.79 Å². The molecule has 0 unspecified atom stereocenters. The number of aromatic nitrogens is 8. The number of nitrogens with one attached hydrogen (secondary N) is 6. The second-order valence-corrected chi connectivity index (χ2v) is 21.8. The number of hydrogen-bond acceptors (Lipinski definition) is 17. The molecule has 0 aliphatic carbocycles. The Morgan fingerprint density at radius 1 is 0.390 bits per heavy atom. The molecule has 0 atom stereocenters. The molecule has 0 bridgehead atoms. The summed E-state index contributed by atoms with van der Waals surface area (Å²) >= 11 is 0. The van der Waals surface area contributed by atoms with Crippen LogP contribution in [0.5, 0.6) is 0 Å². The van der Waals surface area contributed by atoms with E-state index in [9.17, 15) is 75.9 Å². The van der Waals surface area contributed by atoms with E-state index in [1.54, 1.807) is 0 Å². The molecule has 4 aromatic carbocycles. The van der Waals surface area contributed by atoms with Gasteiger partial charge >= 0.3 is 57.4 Å². The number of amides is 6. The Morgan fingerprint density at radius 2 is 0.675 bits per heavy atom. The molecule has 31 nitrogen and oxygen atoms in total. The van der Waals surface area contributed by atoms with Crippen molar-refractivity contribution in [3.05, 3.63) is 108 Å². The van der Waals surface area contributed by atoms with E-state index in [1.807, 2.05) is 0 Å². The maximum atomic E-state index is 13.3. The number of rotatable bonds is 14. The van der Waals surface area contributed by atoms with E-state index in [0.29, 0.717) is 12.1 Å². The molecule has 0 fully saturated rings. The second-order valence-electron chi connectivity index (χ2n) is 16.2. The van der Waals surface area contributed by atoms with Crippen LogP contribution in [0.3, 0.4) is 0 Å². The topological polar surface area (TPSA) is 446 Å². The smallest absolute Gasteiger partial charge is 0.321 e. The number of benzene rings is 4. The van der Waals surface area contributed by atoms with Gasteiger partial charge in [0.1, 0.15) is 32.6 Å². The molecule has 4 aromatic heterocycles. The van der Waals surface area contributed by atoms with Gasteiger partial charge in [-0.15, -0.1) is 0 Å². The number of aryl methyl sites for hydroxylation is 4. The molecule has 396 valence electrons. The maximum absolute atomic E-state index is 13.3. The number of anilines is 6. The number of nitrogens with zero attached hydrogens (tertiary/aromatic N) is 8. The summed E-state index contributed by atoms with van der Waals surface area (Å²) in [5.41, 5.74) is -0.393. The summed E-state index contributed by atoms with van der Waals surface area (Å²) in [6.45, 7) is 0. The fourth-order valence-corrected chi connectivity index (χ4v) is 10.1. The SMILES string of the molecule is Cn1nc(NC(=O)c2cc(NC(=O)Nc3cc(C(=O)Nc4cc(C(=O)Nc5ccc6cc(S(=O)(=O)O)cc(S(=O)(=O)O)c6c5)n(C)n4)n(C)n3)nn2C)cc1C(=O)Nc1ccc2cc(S(=O)(=O)O)cc(S(=O)(=O)O)c2c1.[K+]. The van der Waals surface area contributed by atoms with Crippen LogP contribution >= 0.6 is 0 Å². The first-order valence-electron chi connectivity index (χ1n) is 20.9. The van der Waals surface area contributed by atoms with E-state index in [1.165, 1.54) is 76.7 Å². The third kappa shape index (κ3) is 12.8. The molecule has 0 spiro atoms. The van der Waals surface area contributed by atoms with E-state index in [2.05, 4.69) is 52.3 Å². The van der Waals surface area contributed by atoms with Gasteiger partial charge in [-0.05, 0) is 59.3 Å². The zero-order valence-corrected chi connectivity index (χ0v) is 46.3. The molecule has 77 heavy (non-hydrogen) atoms. The van der Waals surface area contributed by atoms with Crippen molar-refractivity contribution in [3.8, 4) is 0 Å². The average molecular weight is 1160 g/mol. The third-order valence-corrected chi connectivity index (χ3v) is 14.3. The second kappa shape index (κ2) is 21.2. The van der Waals surface area contributed by atoms with Crippen molar-refractivity contribution in [2.24, 2.45) is 28.2 Å². The Balaban J connectivity index is 0.00000861. The normalized spacial score (nSPS) is 11.9. The molecular formula is C41H36KN14O17S4+. The molecule has 10 N–H and O–H groups in total. The standard InChI is InChI=1S/C41H36N14O17S4.K/c1-52-27(37(56)42-21-7-5-19-9-23(73(61,62)63)13-31(25(19)11-21)75(67,68)69)15-33(48-52)44-39(58)29-17-35(50-54(29)3)46-41(60)47-36-18-30(55(4)51-36)40(59)45-34-16-28(53(2)49-34)38(57)43-22-8-6-20-10-24(74(64,65)66)14-32(26(20)12-22)76(70,71)72;/h5-18H,1-4H3,(H,42,56)(H,43,57)(H,44,48,58)(H,45,49,59)(H,61,62,63)(H,64,65,66)(H,67,68,69)(H,70,71,72)(H2,46,47,50,51,60);/q;+1. The Hall–Kier alpha value is -7.33. The van der Waals surface area contributed by atoms with E-state index >= 15 is 0 Å². The van der Waals surface area contributed by atoms with Crippen molar-refractivity contribution in [2.75, 3.05) is 31.9 Å². The van der Waals surface area contributed by atoms with E-state index < -0.39 is 89.7 Å². The van der Waals surface area contributed by atoms with E-state index in [-0.39, 0.29) is 130 Å². The first-order valence-corrected chi connectivity index (χ1v) is 26.6. The Bertz CT molecular complexity index is 4030. The number of carbonyl (C=O) groups is 5. The fraction of sp³-hybridized carbons (Fsp3) is 0.0976. The van der Waals surface area contributed by atoms with Crippen molar-refractivity contribution in [1.29, 1.82) is 0 Å². The molecule has 8 rings (SSSR count). The zero-order chi connectivity index (χ0) is 55.6. The average Bonchev–Trinajstić information content (AvgIpc) is 4.08. The summed E-state index contributed by atoms with van der Waals surface area (Å²) in [4.78, 5) is 62.9. The van der Waals surface area contributed by atoms with Crippen LogP contribution in [0.15, 0.2) is 105 Å². The molecule has 0 saturated carbocycles. The van der Waals surface area contributed by atoms with Gasteiger partial charge in [0.25, 0.3) is 64.1 Å². The molecule has 36 heteroatoms. The van der Waals surface area contributed by atoms with Crippen molar-refractivity contribution in [1.82, 2.24) is 39.1 Å². The van der Waals surface area contributed by atoms with E-state index in [4.69, 9.17) is 0 Å². The van der Waals surface area contributed by atoms with E-state index in [0.717, 1.165) is 43.0 Å². The Kier molecular flexibility index (Phi) is 15.8. The van der Waals surface area contributed by atoms with Crippen molar-refractivity contribution < 1.29 is 127 Å². The molecular weight excluding hydrogens is 1130 g/mol. The summed E-state index contributed by atoms with van der Waals surface area (Å²) in [5, 5.41) is 30.9. The fourth-order valence-electron chi connectivity index (χ4n) is 7.45. The first kappa shape index (κ1) is 57.4. The quantitative estimate of drug-likeness (QED) is 0.0488. The van der Waals surface area contributed by atoms with Crippen LogP contribution in [-0.2, 0) is 68.7 Å². The van der Waals surface area contributed by atoms with Crippen LogP contribution in [0, 0.1) is 0 Å². The predicted octanol–water partition coefficient (Wildman–Crippen LogP) is -0.429. The molecule has 0 aliphatic rings. The van der Waals surface area contributed by atoms with Crippen molar-refractivity contribution >= 4 is 126 Å². The first-order chi connectivity index (χ1) is 35.3. The summed E-state index contributed by atoms with van der Waals surface area (Å²) in [7, 11) is -14.2. The number of urea groups is 1. The number of hydrogen-bond donors (Lipinski definition) is 10. The van der Waals surface area contributed by atoms with Crippen LogP contribution in [0.2, 0.25) is 0 Å². The van der Waals surface area contributed by atoms with Gasteiger partial charge in [-0.1, -0.05) is 12.1 Å². The van der Waals surface area contributed by atoms with Gasteiger partial charge in [-0.3, -0.25) is 66.7 Å². The van der Waals surface area contributed by atoms with Crippen LogP contribution in [0.4, 0.5) is 39.4 Å². The Labute approximate surface area is 475 Å². The van der Waals surface area contributed by atoms with Gasteiger partial charge in [0.15, 0.2) is 23.3 Å². The molecule has 0 saturated heterocycles. The Morgan fingerprint density at radius 3 is 0.961 bits per heavy atom. The molecule has 6 amide bonds. The predicted molar refractivity (Wildman–Crippen MR) is 264 cm³/mol. The summed E-state index contributed by atoms with van der Waals surface area (Å²) in [6, 6.07) is 14.3. The van der Waals surface area contributed by atoms with Gasteiger partial charge in [-0.2, -0.15) is 54.1 Å². The van der Waals surface area contributed by atoms with Crippen LogP contribution < -0.4 is 83.3 Å². The molecule has 4 heterocycles. The van der Waals surface area contributed by atoms with Gasteiger partial charge < -0.3 is 21.3 Å². The third-order valence-electron chi connectivity index (χ3n) is 10.9. The monoisotopic (exact) mass is 1160 g/mol. The van der Waals surface area contributed by atoms with Crippen LogP contribution in [-0.4, -0.2) is 121 Å². The minimum absolute atomic E-state index is 0. The van der Waals surface area contributed by atoms with Crippen LogP contribution in [0.25, 0.3) is 21.5 Å². The van der Waals surface area contributed by atoms with Gasteiger partial charge in [0, 0.05) is 74.6 Å². The maximum Gasteiger partial charge on any atom is 1.00 e. The number of fused-ring (bicyclic) bond motifs is 2. The summed E-state index contributed by atoms with van der Waals surface area (Å²) in [6.07, 6.45) is 0. The largest absolute Gasteiger partial charge is 1.00 e. The van der Waals surface area contributed by atoms with Crippen molar-refractivity contribution in [3.63, 3.8) is 0 Å². The van der Waals surface area contributed by atoms with Gasteiger partial charge in [-0.25, -0.2) is 4.79 Å². The number of carbonyl (C=O) groups excluding carboxylic acids is 5. The molecule has 8 aromatic rings. The summed E-state index contributed by atoms with van der Waals surface area (Å²) < 4.78 is 138. The summed E-state index contributed by atoms with van der Waals surface area (Å²) in [5.74, 6) is -3.60. The zero-order valence-electron chi connectivity index (χ0n) is 39.9. The minimum atomic E-state index is -5.02. The van der Waals surface area contributed by atoms with Crippen molar-refractivity contribution in [2.45, 2.75) is 19.6 Å². The minimum Gasteiger partial charge on any atom is -0.321 e. The molecule has 0 aliphatic heterocycles. The molecule has 0 radical (unpaired) electrons. The van der Waals surface area contributed by atoms with Crippen LogP contribution in [0.1, 0.15) is 42.0 Å².